The number of pyridine rings is 1. The zero-order chi connectivity index (χ0) is 21.8. The van der Waals surface area contributed by atoms with Gasteiger partial charge in [0.1, 0.15) is 5.76 Å². The molecule has 1 aliphatic heterocycles. The van der Waals surface area contributed by atoms with Gasteiger partial charge in [0.25, 0.3) is 0 Å². The minimum absolute atomic E-state index is 0.0777. The minimum atomic E-state index is -3.61. The van der Waals surface area contributed by atoms with E-state index >= 15 is 0 Å². The van der Waals surface area contributed by atoms with Gasteiger partial charge in [-0.15, -0.1) is 0 Å². The first-order valence-corrected chi connectivity index (χ1v) is 11.7. The van der Waals surface area contributed by atoms with E-state index in [1.165, 1.54) is 0 Å². The standard InChI is InChI=1S/C23H25N3O4S/c1-17-22(15-25-31(28,29)20-7-3-2-4-8-20)21-11-12-26(16-18(21)14-24-17)23(27)10-9-19-6-5-13-30-19/h2-8,13-14,25H,9-12,15-16H2,1H3. The topological polar surface area (TPSA) is 92.5 Å². The van der Waals surface area contributed by atoms with E-state index in [4.69, 9.17) is 4.42 Å². The lowest BCUT2D eigenvalue weighted by atomic mass is 9.95. The number of aromatic nitrogens is 1. The quantitative estimate of drug-likeness (QED) is 0.611. The molecule has 8 heteroatoms. The fourth-order valence-electron chi connectivity index (χ4n) is 3.86. The number of hydrogen-bond donors (Lipinski definition) is 1. The Hall–Kier alpha value is -2.97. The highest BCUT2D eigenvalue weighted by molar-refractivity contribution is 7.89. The van der Waals surface area contributed by atoms with E-state index in [0.717, 1.165) is 28.1 Å². The lowest BCUT2D eigenvalue weighted by molar-refractivity contribution is -0.132. The molecule has 1 amide bonds. The molecule has 0 saturated heterocycles. The van der Waals surface area contributed by atoms with Gasteiger partial charge in [0.15, 0.2) is 0 Å². The van der Waals surface area contributed by atoms with Crippen LogP contribution in [-0.4, -0.2) is 30.8 Å². The van der Waals surface area contributed by atoms with Crippen molar-refractivity contribution in [2.24, 2.45) is 0 Å². The van der Waals surface area contributed by atoms with Crippen molar-refractivity contribution < 1.29 is 17.6 Å². The number of sulfonamides is 1. The summed E-state index contributed by atoms with van der Waals surface area (Å²) in [5.74, 6) is 0.880. The molecule has 1 aliphatic rings. The Morgan fingerprint density at radius 2 is 2.00 bits per heavy atom. The summed E-state index contributed by atoms with van der Waals surface area (Å²) in [6.07, 6.45) is 5.05. The molecule has 7 nitrogen and oxygen atoms in total. The number of benzene rings is 1. The maximum Gasteiger partial charge on any atom is 0.240 e. The molecular formula is C23H25N3O4S. The minimum Gasteiger partial charge on any atom is -0.469 e. The van der Waals surface area contributed by atoms with Gasteiger partial charge < -0.3 is 9.32 Å². The van der Waals surface area contributed by atoms with E-state index in [-0.39, 0.29) is 17.3 Å². The van der Waals surface area contributed by atoms with Crippen LogP contribution >= 0.6 is 0 Å². The van der Waals surface area contributed by atoms with Crippen molar-refractivity contribution >= 4 is 15.9 Å². The van der Waals surface area contributed by atoms with Crippen LogP contribution in [0.4, 0.5) is 0 Å². The number of carbonyl (C=O) groups is 1. The molecule has 0 bridgehead atoms. The summed E-state index contributed by atoms with van der Waals surface area (Å²) >= 11 is 0. The number of rotatable bonds is 7. The molecule has 1 aromatic carbocycles. The molecule has 0 spiro atoms. The molecule has 2 aromatic heterocycles. The molecule has 3 heterocycles. The second kappa shape index (κ2) is 9.03. The Kier molecular flexibility index (Phi) is 6.20. The third-order valence-corrected chi connectivity index (χ3v) is 7.02. The summed E-state index contributed by atoms with van der Waals surface area (Å²) < 4.78 is 33.2. The van der Waals surface area contributed by atoms with Crippen LogP contribution < -0.4 is 4.72 Å². The lowest BCUT2D eigenvalue weighted by Crippen LogP contribution is -2.37. The van der Waals surface area contributed by atoms with Gasteiger partial charge in [0, 0.05) is 44.4 Å². The average molecular weight is 440 g/mol. The molecule has 0 fully saturated rings. The van der Waals surface area contributed by atoms with Gasteiger partial charge in [-0.3, -0.25) is 9.78 Å². The van der Waals surface area contributed by atoms with Crippen molar-refractivity contribution in [3.8, 4) is 0 Å². The highest BCUT2D eigenvalue weighted by atomic mass is 32.2. The highest BCUT2D eigenvalue weighted by Gasteiger charge is 2.24. The SMILES string of the molecule is Cc1ncc2c(c1CNS(=O)(=O)c1ccccc1)CCN(C(=O)CCc1ccco1)C2. The van der Waals surface area contributed by atoms with Gasteiger partial charge in [-0.05, 0) is 54.3 Å². The molecular weight excluding hydrogens is 414 g/mol. The second-order valence-electron chi connectivity index (χ2n) is 7.61. The number of hydrogen-bond acceptors (Lipinski definition) is 5. The van der Waals surface area contributed by atoms with Crippen molar-refractivity contribution in [1.29, 1.82) is 0 Å². The van der Waals surface area contributed by atoms with E-state index in [2.05, 4.69) is 9.71 Å². The van der Waals surface area contributed by atoms with E-state index in [1.54, 1.807) is 42.8 Å². The Morgan fingerprint density at radius 1 is 1.19 bits per heavy atom. The molecule has 4 rings (SSSR count). The van der Waals surface area contributed by atoms with Gasteiger partial charge in [-0.1, -0.05) is 18.2 Å². The second-order valence-corrected chi connectivity index (χ2v) is 9.38. The Balaban J connectivity index is 1.45. The van der Waals surface area contributed by atoms with Crippen LogP contribution in [0.1, 0.15) is 34.6 Å². The number of furan rings is 1. The first kappa shape index (κ1) is 21.3. The van der Waals surface area contributed by atoms with Gasteiger partial charge in [0.2, 0.25) is 15.9 Å². The first-order chi connectivity index (χ1) is 14.9. The fraction of sp³-hybridized carbons (Fsp3) is 0.304. The Morgan fingerprint density at radius 3 is 2.74 bits per heavy atom. The molecule has 0 unspecified atom stereocenters. The van der Waals surface area contributed by atoms with Crippen molar-refractivity contribution in [1.82, 2.24) is 14.6 Å². The summed E-state index contributed by atoms with van der Waals surface area (Å²) in [5, 5.41) is 0. The van der Waals surface area contributed by atoms with Gasteiger partial charge in [0.05, 0.1) is 11.2 Å². The molecule has 0 radical (unpaired) electrons. The van der Waals surface area contributed by atoms with Gasteiger partial charge in [-0.25, -0.2) is 13.1 Å². The third kappa shape index (κ3) is 4.86. The zero-order valence-corrected chi connectivity index (χ0v) is 18.2. The molecule has 0 aliphatic carbocycles. The van der Waals surface area contributed by atoms with Crippen LogP contribution in [-0.2, 0) is 40.7 Å². The average Bonchev–Trinajstić information content (AvgIpc) is 3.31. The summed E-state index contributed by atoms with van der Waals surface area (Å²) in [5.41, 5.74) is 3.74. The number of nitrogens with one attached hydrogen (secondary N) is 1. The smallest absolute Gasteiger partial charge is 0.240 e. The van der Waals surface area contributed by atoms with Crippen LogP contribution in [0.15, 0.2) is 64.2 Å². The monoisotopic (exact) mass is 439 g/mol. The lowest BCUT2D eigenvalue weighted by Gasteiger charge is -2.30. The van der Waals surface area contributed by atoms with E-state index in [0.29, 0.717) is 32.4 Å². The van der Waals surface area contributed by atoms with E-state index < -0.39 is 10.0 Å². The molecule has 0 saturated carbocycles. The molecule has 3 aromatic rings. The Bertz CT molecular complexity index is 1160. The highest BCUT2D eigenvalue weighted by Crippen LogP contribution is 2.25. The van der Waals surface area contributed by atoms with Crippen molar-refractivity contribution in [3.05, 3.63) is 83.1 Å². The van der Waals surface area contributed by atoms with Gasteiger partial charge >= 0.3 is 0 Å². The first-order valence-electron chi connectivity index (χ1n) is 10.2. The van der Waals surface area contributed by atoms with E-state index in [1.807, 2.05) is 24.0 Å². The predicted octanol–water partition coefficient (Wildman–Crippen LogP) is 2.98. The van der Waals surface area contributed by atoms with Crippen molar-refractivity contribution in [3.63, 3.8) is 0 Å². The summed E-state index contributed by atoms with van der Waals surface area (Å²) in [6.45, 7) is 3.14. The van der Waals surface area contributed by atoms with Crippen LogP contribution in [0.5, 0.6) is 0 Å². The maximum atomic E-state index is 12.6. The van der Waals surface area contributed by atoms with Crippen LogP contribution in [0.25, 0.3) is 0 Å². The molecule has 0 atom stereocenters. The Labute approximate surface area is 182 Å². The number of amides is 1. The maximum absolute atomic E-state index is 12.6. The zero-order valence-electron chi connectivity index (χ0n) is 17.4. The van der Waals surface area contributed by atoms with Crippen LogP contribution in [0, 0.1) is 6.92 Å². The molecule has 162 valence electrons. The van der Waals surface area contributed by atoms with Crippen molar-refractivity contribution in [2.75, 3.05) is 6.54 Å². The van der Waals surface area contributed by atoms with Crippen LogP contribution in [0.3, 0.4) is 0 Å². The third-order valence-electron chi connectivity index (χ3n) is 5.61. The van der Waals surface area contributed by atoms with E-state index in [9.17, 15) is 13.2 Å². The number of fused-ring (bicyclic) bond motifs is 1. The number of carbonyl (C=O) groups excluding carboxylic acids is 1. The van der Waals surface area contributed by atoms with Crippen molar-refractivity contribution in [2.45, 2.75) is 44.2 Å². The molecule has 31 heavy (non-hydrogen) atoms. The largest absolute Gasteiger partial charge is 0.469 e. The number of aryl methyl sites for hydroxylation is 2. The fourth-order valence-corrected chi connectivity index (χ4v) is 4.88. The van der Waals surface area contributed by atoms with Crippen LogP contribution in [0.2, 0.25) is 0 Å². The molecule has 1 N–H and O–H groups in total. The predicted molar refractivity (Wildman–Crippen MR) is 116 cm³/mol. The summed E-state index contributed by atoms with van der Waals surface area (Å²) in [7, 11) is -3.61. The van der Waals surface area contributed by atoms with Gasteiger partial charge in [-0.2, -0.15) is 0 Å². The normalized spacial score (nSPS) is 13.8. The summed E-state index contributed by atoms with van der Waals surface area (Å²) in [4.78, 5) is 19.2. The number of nitrogens with zero attached hydrogens (tertiary/aromatic N) is 2. The summed E-state index contributed by atoms with van der Waals surface area (Å²) in [6, 6.07) is 12.0.